The van der Waals surface area contributed by atoms with E-state index in [-0.39, 0.29) is 29.0 Å². The predicted octanol–water partition coefficient (Wildman–Crippen LogP) is 2.13. The number of esters is 1. The highest BCUT2D eigenvalue weighted by Gasteiger charge is 2.41. The second kappa shape index (κ2) is 6.64. The zero-order valence-electron chi connectivity index (χ0n) is 13.1. The van der Waals surface area contributed by atoms with Crippen LogP contribution in [0, 0.1) is 22.0 Å². The number of nitro benzene ring substituents is 1. The van der Waals surface area contributed by atoms with Crippen LogP contribution in [0.3, 0.4) is 0 Å². The van der Waals surface area contributed by atoms with Gasteiger partial charge < -0.3 is 14.8 Å². The molecular formula is C15H18N2O6. The number of hydrogen-bond acceptors (Lipinski definition) is 6. The van der Waals surface area contributed by atoms with Gasteiger partial charge in [0.15, 0.2) is 6.10 Å². The van der Waals surface area contributed by atoms with Crippen LogP contribution in [0.2, 0.25) is 0 Å². The highest BCUT2D eigenvalue weighted by molar-refractivity contribution is 5.96. The molecule has 0 aliphatic heterocycles. The molecule has 2 rings (SSSR count). The number of nitro groups is 1. The normalized spacial score (nSPS) is 20.3. The summed E-state index contributed by atoms with van der Waals surface area (Å²) in [7, 11) is 1.38. The summed E-state index contributed by atoms with van der Waals surface area (Å²) >= 11 is 0. The molecule has 0 spiro atoms. The molecule has 124 valence electrons. The Bertz CT molecular complexity index is 645. The molecule has 0 radical (unpaired) electrons. The van der Waals surface area contributed by atoms with Crippen molar-refractivity contribution in [3.8, 4) is 5.75 Å². The van der Waals surface area contributed by atoms with E-state index < -0.39 is 22.9 Å². The average molecular weight is 322 g/mol. The summed E-state index contributed by atoms with van der Waals surface area (Å²) in [5.41, 5.74) is -0.0352. The van der Waals surface area contributed by atoms with Crippen LogP contribution in [0.4, 0.5) is 11.4 Å². The smallest absolute Gasteiger partial charge is 0.309 e. The monoisotopic (exact) mass is 322 g/mol. The Morgan fingerprint density at radius 1 is 1.43 bits per heavy atom. The zero-order chi connectivity index (χ0) is 17.1. The van der Waals surface area contributed by atoms with Crippen molar-refractivity contribution in [1.82, 2.24) is 0 Å². The third kappa shape index (κ3) is 3.97. The average Bonchev–Trinajstić information content (AvgIpc) is 3.24. The maximum atomic E-state index is 12.1. The van der Waals surface area contributed by atoms with E-state index in [1.54, 1.807) is 0 Å². The number of nitrogens with zero attached hydrogens (tertiary/aromatic N) is 1. The molecule has 1 aromatic carbocycles. The number of anilines is 1. The highest BCUT2D eigenvalue weighted by Crippen LogP contribution is 2.38. The molecule has 0 saturated heterocycles. The van der Waals surface area contributed by atoms with E-state index in [9.17, 15) is 19.7 Å². The molecule has 23 heavy (non-hydrogen) atoms. The van der Waals surface area contributed by atoms with Gasteiger partial charge in [-0.2, -0.15) is 0 Å². The summed E-state index contributed by atoms with van der Waals surface area (Å²) < 4.78 is 10.2. The molecule has 1 fully saturated rings. The number of amides is 1. The second-order valence-electron chi connectivity index (χ2n) is 5.53. The van der Waals surface area contributed by atoms with E-state index in [4.69, 9.17) is 9.47 Å². The van der Waals surface area contributed by atoms with Gasteiger partial charge in [0.05, 0.1) is 23.6 Å². The Morgan fingerprint density at radius 2 is 2.09 bits per heavy atom. The number of carbonyl (C=O) groups is 2. The Morgan fingerprint density at radius 3 is 2.61 bits per heavy atom. The molecule has 1 aliphatic rings. The van der Waals surface area contributed by atoms with E-state index in [0.29, 0.717) is 0 Å². The van der Waals surface area contributed by atoms with Crippen LogP contribution < -0.4 is 10.1 Å². The lowest BCUT2D eigenvalue weighted by Gasteiger charge is -2.15. The number of hydrogen-bond donors (Lipinski definition) is 1. The molecule has 1 saturated carbocycles. The van der Waals surface area contributed by atoms with Crippen LogP contribution >= 0.6 is 0 Å². The van der Waals surface area contributed by atoms with Crippen molar-refractivity contribution < 1.29 is 24.0 Å². The molecule has 1 aromatic rings. The molecule has 1 N–H and O–H groups in total. The van der Waals surface area contributed by atoms with Crippen molar-refractivity contribution >= 4 is 23.3 Å². The van der Waals surface area contributed by atoms with Gasteiger partial charge in [-0.1, -0.05) is 6.92 Å². The number of ether oxygens (including phenoxy) is 2. The lowest BCUT2D eigenvalue weighted by atomic mass is 10.2. The van der Waals surface area contributed by atoms with Gasteiger partial charge in [-0.15, -0.1) is 0 Å². The standard InChI is InChI=1S/C15H18N2O6/c1-8-6-11(8)15(19)23-9(2)14(18)16-12-7-10(17(20)21)4-5-13(12)22-3/h4-5,7-9,11H,6H2,1-3H3,(H,16,18). The molecular weight excluding hydrogens is 304 g/mol. The number of methoxy groups -OCH3 is 1. The summed E-state index contributed by atoms with van der Waals surface area (Å²) in [6.07, 6.45) is -0.231. The highest BCUT2D eigenvalue weighted by atomic mass is 16.6. The van der Waals surface area contributed by atoms with Gasteiger partial charge in [-0.25, -0.2) is 0 Å². The zero-order valence-corrected chi connectivity index (χ0v) is 13.1. The number of nitrogens with one attached hydrogen (secondary N) is 1. The first-order valence-electron chi connectivity index (χ1n) is 7.17. The minimum Gasteiger partial charge on any atom is -0.495 e. The van der Waals surface area contributed by atoms with Gasteiger partial charge in [-0.05, 0) is 25.3 Å². The Hall–Kier alpha value is -2.64. The van der Waals surface area contributed by atoms with E-state index in [1.807, 2.05) is 6.92 Å². The second-order valence-corrected chi connectivity index (χ2v) is 5.53. The molecule has 0 bridgehead atoms. The van der Waals surface area contributed by atoms with E-state index in [0.717, 1.165) is 6.42 Å². The van der Waals surface area contributed by atoms with Gasteiger partial charge in [0.1, 0.15) is 5.75 Å². The van der Waals surface area contributed by atoms with E-state index >= 15 is 0 Å². The Kier molecular flexibility index (Phi) is 4.83. The van der Waals surface area contributed by atoms with Crippen LogP contribution in [0.25, 0.3) is 0 Å². The molecule has 0 aromatic heterocycles. The van der Waals surface area contributed by atoms with Crippen LogP contribution in [-0.2, 0) is 14.3 Å². The third-order valence-corrected chi connectivity index (χ3v) is 3.73. The van der Waals surface area contributed by atoms with Crippen molar-refractivity contribution in [2.24, 2.45) is 11.8 Å². The fourth-order valence-electron chi connectivity index (χ4n) is 2.11. The minimum atomic E-state index is -1.00. The summed E-state index contributed by atoms with van der Waals surface area (Å²) in [6.45, 7) is 3.38. The van der Waals surface area contributed by atoms with Crippen LogP contribution in [0.5, 0.6) is 5.75 Å². The summed E-state index contributed by atoms with van der Waals surface area (Å²) in [5.74, 6) is -0.554. The van der Waals surface area contributed by atoms with Crippen molar-refractivity contribution in [3.05, 3.63) is 28.3 Å². The molecule has 8 nitrogen and oxygen atoms in total. The lowest BCUT2D eigenvalue weighted by Crippen LogP contribution is -2.30. The first kappa shape index (κ1) is 16.7. The van der Waals surface area contributed by atoms with Crippen LogP contribution in [0.15, 0.2) is 18.2 Å². The van der Waals surface area contributed by atoms with Gasteiger partial charge in [0, 0.05) is 12.1 Å². The fraction of sp³-hybridized carbons (Fsp3) is 0.467. The fourth-order valence-corrected chi connectivity index (χ4v) is 2.11. The van der Waals surface area contributed by atoms with Crippen LogP contribution in [0.1, 0.15) is 20.3 Å². The maximum absolute atomic E-state index is 12.1. The predicted molar refractivity (Wildman–Crippen MR) is 81.1 cm³/mol. The van der Waals surface area contributed by atoms with E-state index in [2.05, 4.69) is 5.32 Å². The number of non-ortho nitro benzene ring substituents is 1. The maximum Gasteiger partial charge on any atom is 0.309 e. The van der Waals surface area contributed by atoms with Gasteiger partial charge in [0.2, 0.25) is 0 Å². The SMILES string of the molecule is COc1ccc([N+](=O)[O-])cc1NC(=O)C(C)OC(=O)C1CC1C. The van der Waals surface area contributed by atoms with Gasteiger partial charge >= 0.3 is 5.97 Å². The molecule has 8 heteroatoms. The topological polar surface area (TPSA) is 108 Å². The summed E-state index contributed by atoms with van der Waals surface area (Å²) in [6, 6.07) is 3.84. The molecule has 3 unspecified atom stereocenters. The van der Waals surface area contributed by atoms with Gasteiger partial charge in [0.25, 0.3) is 11.6 Å². The van der Waals surface area contributed by atoms with Crippen molar-refractivity contribution in [1.29, 1.82) is 0 Å². The number of benzene rings is 1. The van der Waals surface area contributed by atoms with Crippen molar-refractivity contribution in [2.75, 3.05) is 12.4 Å². The first-order chi connectivity index (χ1) is 10.8. The summed E-state index contributed by atoms with van der Waals surface area (Å²) in [5, 5.41) is 13.3. The van der Waals surface area contributed by atoms with Crippen molar-refractivity contribution in [2.45, 2.75) is 26.4 Å². The quantitative estimate of drug-likeness (QED) is 0.488. The van der Waals surface area contributed by atoms with Gasteiger partial charge in [-0.3, -0.25) is 19.7 Å². The minimum absolute atomic E-state index is 0.141. The Balaban J connectivity index is 2.04. The lowest BCUT2D eigenvalue weighted by molar-refractivity contribution is -0.384. The summed E-state index contributed by atoms with van der Waals surface area (Å²) in [4.78, 5) is 34.1. The molecule has 3 atom stereocenters. The van der Waals surface area contributed by atoms with E-state index in [1.165, 1.54) is 32.2 Å². The third-order valence-electron chi connectivity index (χ3n) is 3.73. The first-order valence-corrected chi connectivity index (χ1v) is 7.17. The molecule has 1 amide bonds. The number of carbonyl (C=O) groups excluding carboxylic acids is 2. The van der Waals surface area contributed by atoms with Crippen LogP contribution in [-0.4, -0.2) is 30.0 Å². The Labute approximate surface area is 132 Å². The molecule has 1 aliphatic carbocycles. The largest absolute Gasteiger partial charge is 0.495 e. The number of rotatable bonds is 6. The molecule has 0 heterocycles. The van der Waals surface area contributed by atoms with Crippen molar-refractivity contribution in [3.63, 3.8) is 0 Å².